The fourth-order valence-corrected chi connectivity index (χ4v) is 12.7. The molecule has 5 aromatic rings. The maximum atomic E-state index is 6.50. The van der Waals surface area contributed by atoms with Gasteiger partial charge >= 0.3 is 0 Å². The minimum Gasteiger partial charge on any atom is -0.0902 e. The van der Waals surface area contributed by atoms with Crippen molar-refractivity contribution in [1.29, 1.82) is 0 Å². The molecule has 0 nitrogen and oxygen atoms in total. The molecule has 0 aromatic heterocycles. The van der Waals surface area contributed by atoms with E-state index in [1.807, 2.05) is 11.8 Å². The maximum absolute atomic E-state index is 6.50. The standard InChI is InChI=1S/C28H18BrClSSi/c29-20-12-15-22(16-13-20)32(26-11-5-7-19-6-1-2-8-23(19)26)27-10-4-3-9-24(27)31-25-18-21(30)14-17-28(25)32/h1-18H. The Morgan fingerprint density at radius 2 is 1.31 bits per heavy atom. The minimum atomic E-state index is -2.59. The van der Waals surface area contributed by atoms with E-state index < -0.39 is 8.07 Å². The second-order valence-electron chi connectivity index (χ2n) is 8.02. The molecule has 4 heteroatoms. The van der Waals surface area contributed by atoms with Crippen molar-refractivity contribution >= 4 is 78.9 Å². The van der Waals surface area contributed by atoms with Crippen LogP contribution in [0, 0.1) is 0 Å². The zero-order valence-corrected chi connectivity index (χ0v) is 21.2. The second-order valence-corrected chi connectivity index (χ2v) is 14.2. The molecule has 32 heavy (non-hydrogen) atoms. The third-order valence-corrected chi connectivity index (χ3v) is 13.5. The number of rotatable bonds is 2. The number of halogens is 2. The molecule has 0 aliphatic carbocycles. The molecule has 1 aliphatic rings. The van der Waals surface area contributed by atoms with Crippen LogP contribution in [0.2, 0.25) is 5.02 Å². The van der Waals surface area contributed by atoms with Crippen molar-refractivity contribution in [1.82, 2.24) is 0 Å². The molecule has 154 valence electrons. The summed E-state index contributed by atoms with van der Waals surface area (Å²) in [6, 6.07) is 39.9. The average molecular weight is 530 g/mol. The van der Waals surface area contributed by atoms with Crippen molar-refractivity contribution < 1.29 is 0 Å². The highest BCUT2D eigenvalue weighted by molar-refractivity contribution is 9.10. The zero-order chi connectivity index (χ0) is 21.7. The van der Waals surface area contributed by atoms with Gasteiger partial charge in [-0.3, -0.25) is 0 Å². The van der Waals surface area contributed by atoms with Crippen molar-refractivity contribution in [2.45, 2.75) is 9.79 Å². The number of benzene rings is 5. The lowest BCUT2D eigenvalue weighted by Crippen LogP contribution is -2.76. The average Bonchev–Trinajstić information content (AvgIpc) is 2.83. The number of hydrogen-bond acceptors (Lipinski definition) is 1. The number of hydrogen-bond donors (Lipinski definition) is 0. The summed E-state index contributed by atoms with van der Waals surface area (Å²) in [6.45, 7) is 0. The van der Waals surface area contributed by atoms with Crippen LogP contribution in [0.4, 0.5) is 0 Å². The summed E-state index contributed by atoms with van der Waals surface area (Å²) < 4.78 is 1.10. The molecule has 6 rings (SSSR count). The largest absolute Gasteiger partial charge is 0.182 e. The van der Waals surface area contributed by atoms with Crippen LogP contribution >= 0.6 is 39.3 Å². The van der Waals surface area contributed by atoms with Crippen molar-refractivity contribution in [3.05, 3.63) is 119 Å². The molecule has 5 aromatic carbocycles. The van der Waals surface area contributed by atoms with E-state index in [0.29, 0.717) is 0 Å². The van der Waals surface area contributed by atoms with Gasteiger partial charge in [-0.25, -0.2) is 0 Å². The lowest BCUT2D eigenvalue weighted by molar-refractivity contribution is 1.42. The first kappa shape index (κ1) is 20.3. The molecule has 0 N–H and O–H groups in total. The molecule has 0 spiro atoms. The van der Waals surface area contributed by atoms with Crippen molar-refractivity contribution in [3.8, 4) is 0 Å². The first-order chi connectivity index (χ1) is 15.7. The Morgan fingerprint density at radius 1 is 0.625 bits per heavy atom. The third kappa shape index (κ3) is 3.03. The van der Waals surface area contributed by atoms with Crippen LogP contribution in [-0.2, 0) is 0 Å². The summed E-state index contributed by atoms with van der Waals surface area (Å²) in [6.07, 6.45) is 0. The highest BCUT2D eigenvalue weighted by atomic mass is 79.9. The molecule has 1 unspecified atom stereocenters. The van der Waals surface area contributed by atoms with Crippen LogP contribution in [0.3, 0.4) is 0 Å². The predicted molar refractivity (Wildman–Crippen MR) is 144 cm³/mol. The second kappa shape index (κ2) is 7.93. The van der Waals surface area contributed by atoms with Gasteiger partial charge in [0.15, 0.2) is 8.07 Å². The quantitative estimate of drug-likeness (QED) is 0.244. The van der Waals surface area contributed by atoms with Gasteiger partial charge in [-0.2, -0.15) is 0 Å². The maximum Gasteiger partial charge on any atom is 0.182 e. The monoisotopic (exact) mass is 528 g/mol. The molecule has 1 heterocycles. The van der Waals surface area contributed by atoms with Crippen molar-refractivity contribution in [2.75, 3.05) is 0 Å². The van der Waals surface area contributed by atoms with Gasteiger partial charge in [0, 0.05) is 19.3 Å². The highest BCUT2D eigenvalue weighted by Gasteiger charge is 2.47. The fourth-order valence-electron chi connectivity index (χ4n) is 5.03. The molecule has 0 radical (unpaired) electrons. The topological polar surface area (TPSA) is 0 Å². The summed E-state index contributed by atoms with van der Waals surface area (Å²) in [5.74, 6) is 0. The Balaban J connectivity index is 1.84. The van der Waals surface area contributed by atoms with Gasteiger partial charge in [-0.05, 0) is 61.9 Å². The fraction of sp³-hybridized carbons (Fsp3) is 0. The Labute approximate surface area is 206 Å². The van der Waals surface area contributed by atoms with Gasteiger partial charge in [0.05, 0.1) is 0 Å². The Kier molecular flexibility index (Phi) is 5.03. The van der Waals surface area contributed by atoms with E-state index >= 15 is 0 Å². The van der Waals surface area contributed by atoms with Crippen LogP contribution < -0.4 is 20.7 Å². The van der Waals surface area contributed by atoms with Gasteiger partial charge in [0.1, 0.15) is 0 Å². The lowest BCUT2D eigenvalue weighted by Gasteiger charge is -2.40. The SMILES string of the molecule is Clc1ccc2c(c1)Sc1ccccc1[Si]2(c1ccc(Br)cc1)c1cccc2ccccc12. The summed E-state index contributed by atoms with van der Waals surface area (Å²) in [7, 11) is -2.59. The van der Waals surface area contributed by atoms with E-state index in [-0.39, 0.29) is 0 Å². The molecular formula is C28H18BrClSSi. The molecular weight excluding hydrogens is 512 g/mol. The van der Waals surface area contributed by atoms with E-state index in [1.54, 1.807) is 0 Å². The molecule has 0 saturated heterocycles. The predicted octanol–water partition coefficient (Wildman–Crippen LogP) is 6.10. The third-order valence-electron chi connectivity index (χ3n) is 6.33. The summed E-state index contributed by atoms with van der Waals surface area (Å²) in [5.41, 5.74) is 0. The van der Waals surface area contributed by atoms with Crippen molar-refractivity contribution in [3.63, 3.8) is 0 Å². The van der Waals surface area contributed by atoms with Gasteiger partial charge in [-0.15, -0.1) is 0 Å². The Morgan fingerprint density at radius 3 is 2.19 bits per heavy atom. The van der Waals surface area contributed by atoms with Crippen molar-refractivity contribution in [2.24, 2.45) is 0 Å². The van der Waals surface area contributed by atoms with Gasteiger partial charge in [0.25, 0.3) is 0 Å². The molecule has 0 fully saturated rings. The first-order valence-electron chi connectivity index (χ1n) is 10.5. The van der Waals surface area contributed by atoms with E-state index in [0.717, 1.165) is 9.50 Å². The molecule has 0 saturated carbocycles. The molecule has 0 bridgehead atoms. The van der Waals surface area contributed by atoms with Gasteiger partial charge < -0.3 is 0 Å². The molecule has 1 atom stereocenters. The summed E-state index contributed by atoms with van der Waals surface area (Å²) in [5, 5.41) is 9.05. The minimum absolute atomic E-state index is 0.784. The summed E-state index contributed by atoms with van der Waals surface area (Å²) in [4.78, 5) is 2.59. The Bertz CT molecular complexity index is 1480. The molecule has 1 aliphatic heterocycles. The summed E-state index contributed by atoms with van der Waals surface area (Å²) >= 11 is 12.0. The smallest absolute Gasteiger partial charge is 0.0902 e. The first-order valence-corrected chi connectivity index (χ1v) is 14.5. The van der Waals surface area contributed by atoms with Crippen LogP contribution in [0.15, 0.2) is 123 Å². The van der Waals surface area contributed by atoms with Crippen LogP contribution in [0.1, 0.15) is 0 Å². The van der Waals surface area contributed by atoms with Gasteiger partial charge in [0.2, 0.25) is 0 Å². The molecule has 0 amide bonds. The highest BCUT2D eigenvalue weighted by Crippen LogP contribution is 2.35. The van der Waals surface area contributed by atoms with Crippen LogP contribution in [0.5, 0.6) is 0 Å². The van der Waals surface area contributed by atoms with E-state index in [4.69, 9.17) is 11.6 Å². The van der Waals surface area contributed by atoms with Crippen LogP contribution in [-0.4, -0.2) is 8.07 Å². The normalized spacial score (nSPS) is 17.1. The zero-order valence-electron chi connectivity index (χ0n) is 17.1. The Hall–Kier alpha value is -2.30. The lowest BCUT2D eigenvalue weighted by atomic mass is 10.1. The van der Waals surface area contributed by atoms with E-state index in [9.17, 15) is 0 Å². The van der Waals surface area contributed by atoms with E-state index in [1.165, 1.54) is 41.3 Å². The number of fused-ring (bicyclic) bond motifs is 3. The van der Waals surface area contributed by atoms with Gasteiger partial charge in [-0.1, -0.05) is 118 Å². The van der Waals surface area contributed by atoms with E-state index in [2.05, 4.69) is 125 Å². The van der Waals surface area contributed by atoms with Crippen LogP contribution in [0.25, 0.3) is 10.8 Å².